The SMILES string of the molecule is CC(C)(C)C(=O)N1CC(c2ccccc2)(c2ccccc2)CC1CN(S(=O)(=O)c1ccccc1)S(=O)(=O)c1ccccc1. The zero-order chi connectivity index (χ0) is 30.9. The predicted molar refractivity (Wildman–Crippen MR) is 167 cm³/mol. The maximum absolute atomic E-state index is 14.2. The van der Waals surface area contributed by atoms with E-state index in [0.717, 1.165) is 11.1 Å². The van der Waals surface area contributed by atoms with Crippen LogP contribution in [0.15, 0.2) is 131 Å². The number of hydrogen-bond donors (Lipinski definition) is 0. The Kier molecular flexibility index (Phi) is 8.35. The minimum absolute atomic E-state index is 0.140. The highest BCUT2D eigenvalue weighted by atomic mass is 32.3. The second-order valence-corrected chi connectivity index (χ2v) is 15.9. The summed E-state index contributed by atoms with van der Waals surface area (Å²) in [6.07, 6.45) is 0.327. The Balaban J connectivity index is 1.69. The summed E-state index contributed by atoms with van der Waals surface area (Å²) in [5, 5.41) is 0. The molecule has 1 aliphatic rings. The minimum atomic E-state index is -4.54. The van der Waals surface area contributed by atoms with Gasteiger partial charge in [0, 0.05) is 23.4 Å². The number of nitrogens with zero attached hydrogens (tertiary/aromatic N) is 2. The number of sulfonamides is 2. The number of rotatable bonds is 8. The van der Waals surface area contributed by atoms with Crippen LogP contribution in [0, 0.1) is 5.41 Å². The van der Waals surface area contributed by atoms with Crippen molar-refractivity contribution in [1.82, 2.24) is 8.61 Å². The van der Waals surface area contributed by atoms with E-state index in [2.05, 4.69) is 0 Å². The van der Waals surface area contributed by atoms with E-state index in [4.69, 9.17) is 0 Å². The van der Waals surface area contributed by atoms with Gasteiger partial charge in [-0.15, -0.1) is 0 Å². The molecule has 0 spiro atoms. The average Bonchev–Trinajstić information content (AvgIpc) is 3.41. The van der Waals surface area contributed by atoms with Crippen LogP contribution in [0.1, 0.15) is 38.3 Å². The third kappa shape index (κ3) is 5.89. The lowest BCUT2D eigenvalue weighted by Crippen LogP contribution is -2.50. The smallest absolute Gasteiger partial charge is 0.256 e. The van der Waals surface area contributed by atoms with Crippen LogP contribution in [0.5, 0.6) is 0 Å². The summed E-state index contributed by atoms with van der Waals surface area (Å²) in [7, 11) is -9.08. The molecule has 1 saturated heterocycles. The molecule has 1 atom stereocenters. The first kappa shape index (κ1) is 30.7. The van der Waals surface area contributed by atoms with Crippen LogP contribution in [0.3, 0.4) is 0 Å². The molecule has 1 heterocycles. The Morgan fingerprint density at radius 3 is 1.44 bits per heavy atom. The van der Waals surface area contributed by atoms with Crippen LogP contribution in [0.2, 0.25) is 0 Å². The second-order valence-electron chi connectivity index (χ2n) is 11.9. The summed E-state index contributed by atoms with van der Waals surface area (Å²) >= 11 is 0. The van der Waals surface area contributed by atoms with E-state index in [9.17, 15) is 21.6 Å². The highest BCUT2D eigenvalue weighted by Gasteiger charge is 2.52. The lowest BCUT2D eigenvalue weighted by Gasteiger charge is -2.34. The lowest BCUT2D eigenvalue weighted by atomic mass is 9.73. The Bertz CT molecular complexity index is 1660. The molecule has 9 heteroatoms. The quantitative estimate of drug-likeness (QED) is 0.253. The van der Waals surface area contributed by atoms with E-state index < -0.39 is 43.5 Å². The Labute approximate surface area is 254 Å². The number of amides is 1. The summed E-state index contributed by atoms with van der Waals surface area (Å²) in [5.74, 6) is -0.180. The Morgan fingerprint density at radius 2 is 1.07 bits per heavy atom. The van der Waals surface area contributed by atoms with Gasteiger partial charge in [-0.25, -0.2) is 16.8 Å². The molecule has 1 fully saturated rings. The Morgan fingerprint density at radius 1 is 0.698 bits per heavy atom. The fourth-order valence-corrected chi connectivity index (χ4v) is 9.60. The van der Waals surface area contributed by atoms with Crippen molar-refractivity contribution in [1.29, 1.82) is 0 Å². The van der Waals surface area contributed by atoms with Crippen LogP contribution in [-0.4, -0.2) is 50.5 Å². The average molecular weight is 617 g/mol. The van der Waals surface area contributed by atoms with Crippen LogP contribution in [0.4, 0.5) is 0 Å². The fraction of sp³-hybridized carbons (Fsp3) is 0.265. The van der Waals surface area contributed by atoms with Crippen LogP contribution in [0.25, 0.3) is 0 Å². The van der Waals surface area contributed by atoms with Gasteiger partial charge in [-0.2, -0.15) is 0 Å². The van der Waals surface area contributed by atoms with Gasteiger partial charge >= 0.3 is 0 Å². The summed E-state index contributed by atoms with van der Waals surface area (Å²) in [4.78, 5) is 15.5. The topological polar surface area (TPSA) is 91.8 Å². The molecule has 7 nitrogen and oxygen atoms in total. The number of carbonyl (C=O) groups excluding carboxylic acids is 1. The van der Waals surface area contributed by atoms with Crippen LogP contribution >= 0.6 is 0 Å². The number of hydrogen-bond acceptors (Lipinski definition) is 5. The van der Waals surface area contributed by atoms with Crippen molar-refractivity contribution < 1.29 is 21.6 Å². The highest BCUT2D eigenvalue weighted by Crippen LogP contribution is 2.45. The van der Waals surface area contributed by atoms with Gasteiger partial charge in [-0.3, -0.25) is 4.79 Å². The molecular formula is C34H36N2O5S2. The first-order valence-corrected chi connectivity index (χ1v) is 17.1. The molecule has 4 aromatic rings. The molecule has 0 aromatic heterocycles. The first-order valence-electron chi connectivity index (χ1n) is 14.2. The van der Waals surface area contributed by atoms with Gasteiger partial charge in [-0.05, 0) is 41.8 Å². The van der Waals surface area contributed by atoms with Gasteiger partial charge < -0.3 is 4.90 Å². The minimum Gasteiger partial charge on any atom is -0.337 e. The van der Waals surface area contributed by atoms with Gasteiger partial charge in [0.05, 0.1) is 16.3 Å². The second kappa shape index (κ2) is 11.7. The summed E-state index contributed by atoms with van der Waals surface area (Å²) in [6.45, 7) is 5.29. The van der Waals surface area contributed by atoms with E-state index in [1.807, 2.05) is 81.4 Å². The molecular weight excluding hydrogens is 581 g/mol. The van der Waals surface area contributed by atoms with E-state index in [1.165, 1.54) is 24.3 Å². The van der Waals surface area contributed by atoms with Crippen LogP contribution < -0.4 is 0 Å². The molecule has 0 bridgehead atoms. The lowest BCUT2D eigenvalue weighted by molar-refractivity contribution is -0.140. The zero-order valence-corrected chi connectivity index (χ0v) is 26.1. The van der Waals surface area contributed by atoms with Crippen molar-refractivity contribution in [2.24, 2.45) is 5.41 Å². The molecule has 5 rings (SSSR count). The molecule has 0 aliphatic carbocycles. The predicted octanol–water partition coefficient (Wildman–Crippen LogP) is 5.70. The van der Waals surface area contributed by atoms with E-state index in [0.29, 0.717) is 10.1 Å². The monoisotopic (exact) mass is 616 g/mol. The third-order valence-electron chi connectivity index (χ3n) is 8.00. The fourth-order valence-electron chi connectivity index (χ4n) is 5.85. The molecule has 1 amide bonds. The summed E-state index contributed by atoms with van der Waals surface area (Å²) in [6, 6.07) is 34.0. The maximum atomic E-state index is 14.2. The molecule has 4 aromatic carbocycles. The first-order chi connectivity index (χ1) is 20.4. The van der Waals surface area contributed by atoms with E-state index >= 15 is 0 Å². The van der Waals surface area contributed by atoms with Gasteiger partial charge in [-0.1, -0.05) is 122 Å². The van der Waals surface area contributed by atoms with Crippen LogP contribution in [-0.2, 0) is 30.3 Å². The van der Waals surface area contributed by atoms with Crippen molar-refractivity contribution in [2.45, 2.75) is 48.4 Å². The standard InChI is InChI=1S/C34H36N2O5S2/c1-33(2,3)32(37)35-26-34(27-16-8-4-9-17-27,28-18-10-5-11-19-28)24-29(35)25-36(42(38,39)30-20-12-6-13-21-30)43(40,41)31-22-14-7-15-23-31/h4-23,29H,24-26H2,1-3H3. The molecule has 0 N–H and O–H groups in total. The van der Waals surface area contributed by atoms with Crippen molar-refractivity contribution in [2.75, 3.05) is 13.1 Å². The summed E-state index contributed by atoms with van der Waals surface area (Å²) < 4.78 is 57.2. The number of likely N-dealkylation sites (tertiary alicyclic amines) is 1. The Hall–Kier alpha value is -3.79. The van der Waals surface area contributed by atoms with Crippen molar-refractivity contribution in [3.63, 3.8) is 0 Å². The van der Waals surface area contributed by atoms with Gasteiger partial charge in [0.2, 0.25) is 5.91 Å². The zero-order valence-electron chi connectivity index (χ0n) is 24.5. The van der Waals surface area contributed by atoms with Gasteiger partial charge in [0.25, 0.3) is 20.0 Å². The number of carbonyl (C=O) groups is 1. The van der Waals surface area contributed by atoms with E-state index in [-0.39, 0.29) is 22.2 Å². The van der Waals surface area contributed by atoms with Gasteiger partial charge in [0.15, 0.2) is 0 Å². The van der Waals surface area contributed by atoms with Crippen molar-refractivity contribution in [3.05, 3.63) is 132 Å². The molecule has 0 radical (unpaired) electrons. The largest absolute Gasteiger partial charge is 0.337 e. The van der Waals surface area contributed by atoms with Crippen molar-refractivity contribution in [3.8, 4) is 0 Å². The number of benzene rings is 4. The van der Waals surface area contributed by atoms with E-state index in [1.54, 1.807) is 41.3 Å². The third-order valence-corrected chi connectivity index (χ3v) is 12.3. The normalized spacial score (nSPS) is 17.2. The summed E-state index contributed by atoms with van der Waals surface area (Å²) in [5.41, 5.74) is 0.466. The maximum Gasteiger partial charge on any atom is 0.256 e. The molecule has 43 heavy (non-hydrogen) atoms. The molecule has 1 unspecified atom stereocenters. The highest BCUT2D eigenvalue weighted by molar-refractivity contribution is 8.04. The van der Waals surface area contributed by atoms with Gasteiger partial charge in [0.1, 0.15) is 0 Å². The molecule has 224 valence electrons. The van der Waals surface area contributed by atoms with Crippen molar-refractivity contribution >= 4 is 26.0 Å². The molecule has 1 aliphatic heterocycles. The molecule has 0 saturated carbocycles.